The van der Waals surface area contributed by atoms with Gasteiger partial charge in [-0.05, 0) is 30.8 Å². The van der Waals surface area contributed by atoms with Crippen molar-refractivity contribution in [2.45, 2.75) is 26.4 Å². The van der Waals surface area contributed by atoms with Crippen molar-refractivity contribution < 1.29 is 4.74 Å². The molecule has 1 aliphatic rings. The molecule has 0 unspecified atom stereocenters. The fraction of sp³-hybridized carbons (Fsp3) is 0.375. The molecule has 0 aromatic heterocycles. The molecule has 0 amide bonds. The molecule has 0 radical (unpaired) electrons. The third-order valence-corrected chi connectivity index (χ3v) is 5.36. The van der Waals surface area contributed by atoms with E-state index in [1.807, 2.05) is 0 Å². The van der Waals surface area contributed by atoms with Gasteiger partial charge in [-0.15, -0.1) is 0 Å². The van der Waals surface area contributed by atoms with Gasteiger partial charge >= 0.3 is 0 Å². The molecule has 2 rings (SSSR count). The van der Waals surface area contributed by atoms with Crippen LogP contribution >= 0.6 is 7.92 Å². The van der Waals surface area contributed by atoms with E-state index in [4.69, 9.17) is 4.74 Å². The predicted octanol–water partition coefficient (Wildman–Crippen LogP) is 4.27. The lowest BCUT2D eigenvalue weighted by molar-refractivity contribution is -0.0131. The Bertz CT molecular complexity index is 440. The monoisotopic (exact) mass is 260 g/mol. The molecule has 1 nitrogen and oxygen atoms in total. The van der Waals surface area contributed by atoms with Crippen molar-refractivity contribution >= 4 is 13.2 Å². The van der Waals surface area contributed by atoms with Gasteiger partial charge in [0.2, 0.25) is 0 Å². The molecule has 0 N–H and O–H groups in total. The van der Waals surface area contributed by atoms with E-state index in [9.17, 15) is 0 Å². The molecule has 0 aliphatic carbocycles. The standard InChI is InChI=1S/C16H21OP/c1-15(2,3)16(17-4)10-12-18(13-11-16)14-8-6-5-7-9-14/h5-13H,1-4H3. The zero-order chi connectivity index (χ0) is 13.2. The Balaban J connectivity index is 2.26. The summed E-state index contributed by atoms with van der Waals surface area (Å²) in [7, 11) is 1.47. The van der Waals surface area contributed by atoms with E-state index in [-0.39, 0.29) is 18.9 Å². The SMILES string of the molecule is COC1(C(C)(C)C)C=CP(c2ccccc2)C=C1. The van der Waals surface area contributed by atoms with Crippen LogP contribution < -0.4 is 5.30 Å². The number of methoxy groups -OCH3 is 1. The van der Waals surface area contributed by atoms with Crippen molar-refractivity contribution in [1.82, 2.24) is 0 Å². The largest absolute Gasteiger partial charge is 0.369 e. The number of rotatable bonds is 2. The van der Waals surface area contributed by atoms with Gasteiger partial charge in [-0.1, -0.05) is 62.7 Å². The second-order valence-corrected chi connectivity index (χ2v) is 7.55. The summed E-state index contributed by atoms with van der Waals surface area (Å²) in [6.45, 7) is 6.63. The average Bonchev–Trinajstić information content (AvgIpc) is 2.38. The second kappa shape index (κ2) is 4.99. The molecular formula is C16H21OP. The van der Waals surface area contributed by atoms with Crippen LogP contribution in [0.5, 0.6) is 0 Å². The predicted molar refractivity (Wildman–Crippen MR) is 80.5 cm³/mol. The first-order valence-electron chi connectivity index (χ1n) is 6.26. The molecule has 2 heteroatoms. The van der Waals surface area contributed by atoms with Gasteiger partial charge in [0.25, 0.3) is 0 Å². The first-order chi connectivity index (χ1) is 8.48. The summed E-state index contributed by atoms with van der Waals surface area (Å²) >= 11 is 0. The van der Waals surface area contributed by atoms with Gasteiger partial charge in [-0.25, -0.2) is 0 Å². The number of hydrogen-bond acceptors (Lipinski definition) is 1. The van der Waals surface area contributed by atoms with Crippen molar-refractivity contribution in [3.63, 3.8) is 0 Å². The maximum atomic E-state index is 5.76. The molecule has 96 valence electrons. The van der Waals surface area contributed by atoms with Crippen LogP contribution in [0.1, 0.15) is 20.8 Å². The van der Waals surface area contributed by atoms with E-state index >= 15 is 0 Å². The maximum Gasteiger partial charge on any atom is 0.109 e. The molecule has 0 fully saturated rings. The van der Waals surface area contributed by atoms with Crippen LogP contribution in [0.2, 0.25) is 0 Å². The van der Waals surface area contributed by atoms with Gasteiger partial charge in [0.15, 0.2) is 0 Å². The second-order valence-electron chi connectivity index (χ2n) is 5.62. The normalized spacial score (nSPS) is 27.4. The minimum atomic E-state index is -0.319. The van der Waals surface area contributed by atoms with Crippen LogP contribution in [-0.4, -0.2) is 12.7 Å². The number of benzene rings is 1. The van der Waals surface area contributed by atoms with E-state index in [1.54, 1.807) is 7.11 Å². The summed E-state index contributed by atoms with van der Waals surface area (Å²) in [5.74, 6) is 4.61. The summed E-state index contributed by atoms with van der Waals surface area (Å²) < 4.78 is 5.76. The van der Waals surface area contributed by atoms with Crippen LogP contribution in [0, 0.1) is 5.41 Å². The molecule has 0 bridgehead atoms. The van der Waals surface area contributed by atoms with Gasteiger partial charge in [-0.3, -0.25) is 0 Å². The molecular weight excluding hydrogens is 239 g/mol. The van der Waals surface area contributed by atoms with Crippen LogP contribution in [0.4, 0.5) is 0 Å². The summed E-state index contributed by atoms with van der Waals surface area (Å²) in [5, 5.41) is 1.39. The fourth-order valence-corrected chi connectivity index (χ4v) is 3.93. The summed E-state index contributed by atoms with van der Waals surface area (Å²) in [4.78, 5) is 0. The Morgan fingerprint density at radius 3 is 2.00 bits per heavy atom. The number of hydrogen-bond donors (Lipinski definition) is 0. The van der Waals surface area contributed by atoms with Crippen LogP contribution in [0.3, 0.4) is 0 Å². The highest BCUT2D eigenvalue weighted by molar-refractivity contribution is 7.71. The lowest BCUT2D eigenvalue weighted by Gasteiger charge is -2.41. The van der Waals surface area contributed by atoms with E-state index in [0.29, 0.717) is 0 Å². The molecule has 1 aliphatic heterocycles. The lowest BCUT2D eigenvalue weighted by Crippen LogP contribution is -2.41. The van der Waals surface area contributed by atoms with Crippen molar-refractivity contribution in [1.29, 1.82) is 0 Å². The highest BCUT2D eigenvalue weighted by Crippen LogP contribution is 2.47. The molecule has 0 saturated carbocycles. The summed E-state index contributed by atoms with van der Waals surface area (Å²) in [6, 6.07) is 10.6. The quantitative estimate of drug-likeness (QED) is 0.722. The third-order valence-electron chi connectivity index (χ3n) is 3.53. The maximum absolute atomic E-state index is 5.76. The third kappa shape index (κ3) is 2.43. The fourth-order valence-electron chi connectivity index (χ4n) is 2.20. The first kappa shape index (κ1) is 13.5. The van der Waals surface area contributed by atoms with Crippen molar-refractivity contribution in [3.05, 3.63) is 54.1 Å². The first-order valence-corrected chi connectivity index (χ1v) is 7.74. The highest BCUT2D eigenvalue weighted by atomic mass is 31.1. The molecule has 18 heavy (non-hydrogen) atoms. The van der Waals surface area contributed by atoms with Gasteiger partial charge in [-0.2, -0.15) is 0 Å². The van der Waals surface area contributed by atoms with Crippen LogP contribution in [0.25, 0.3) is 0 Å². The Morgan fingerprint density at radius 2 is 1.56 bits per heavy atom. The molecule has 0 spiro atoms. The molecule has 0 saturated heterocycles. The van der Waals surface area contributed by atoms with Crippen LogP contribution in [-0.2, 0) is 4.74 Å². The van der Waals surface area contributed by atoms with Crippen molar-refractivity contribution in [2.75, 3.05) is 7.11 Å². The minimum Gasteiger partial charge on any atom is -0.369 e. The Labute approximate surface area is 111 Å². The minimum absolute atomic E-state index is 0.0624. The van der Waals surface area contributed by atoms with E-state index in [1.165, 1.54) is 5.30 Å². The zero-order valence-corrected chi connectivity index (χ0v) is 12.4. The molecule has 1 heterocycles. The van der Waals surface area contributed by atoms with Crippen LogP contribution in [0.15, 0.2) is 54.1 Å². The Morgan fingerprint density at radius 1 is 1.00 bits per heavy atom. The van der Waals surface area contributed by atoms with Gasteiger partial charge in [0, 0.05) is 7.11 Å². The summed E-state index contributed by atoms with van der Waals surface area (Å²) in [5.41, 5.74) is -0.215. The molecule has 0 atom stereocenters. The molecule has 1 aromatic rings. The van der Waals surface area contributed by atoms with E-state index in [0.717, 1.165) is 0 Å². The van der Waals surface area contributed by atoms with Gasteiger partial charge in [0.1, 0.15) is 5.60 Å². The summed E-state index contributed by atoms with van der Waals surface area (Å²) in [6.07, 6.45) is 4.46. The molecule has 1 aromatic carbocycles. The highest BCUT2D eigenvalue weighted by Gasteiger charge is 2.39. The van der Waals surface area contributed by atoms with E-state index in [2.05, 4.69) is 74.9 Å². The Kier molecular flexibility index (Phi) is 3.75. The number of ether oxygens (including phenoxy) is 1. The van der Waals surface area contributed by atoms with Gasteiger partial charge < -0.3 is 4.74 Å². The average molecular weight is 260 g/mol. The van der Waals surface area contributed by atoms with Crippen molar-refractivity contribution in [2.24, 2.45) is 5.41 Å². The van der Waals surface area contributed by atoms with E-state index < -0.39 is 0 Å². The smallest absolute Gasteiger partial charge is 0.109 e. The zero-order valence-electron chi connectivity index (χ0n) is 11.6. The lowest BCUT2D eigenvalue weighted by atomic mass is 9.76. The Hall–Kier alpha value is -0.910. The van der Waals surface area contributed by atoms with Crippen molar-refractivity contribution in [3.8, 4) is 0 Å². The topological polar surface area (TPSA) is 9.23 Å². The van der Waals surface area contributed by atoms with Gasteiger partial charge in [0.05, 0.1) is 0 Å².